The lowest BCUT2D eigenvalue weighted by Gasteiger charge is -2.15. The molecule has 0 aliphatic heterocycles. The Labute approximate surface area is 105 Å². The number of amides is 1. The van der Waals surface area contributed by atoms with Crippen LogP contribution in [0.5, 0.6) is 0 Å². The lowest BCUT2D eigenvalue weighted by Crippen LogP contribution is -2.25. The van der Waals surface area contributed by atoms with E-state index in [2.05, 4.69) is 0 Å². The fraction of sp³-hybridized carbons (Fsp3) is 0.154. The van der Waals surface area contributed by atoms with Crippen LogP contribution in [0.1, 0.15) is 16.1 Å². The first kappa shape index (κ1) is 11.7. The van der Waals surface area contributed by atoms with Gasteiger partial charge in [-0.2, -0.15) is 0 Å². The number of carbonyl (C=O) groups excluding carboxylic acids is 1. The van der Waals surface area contributed by atoms with Gasteiger partial charge in [0.1, 0.15) is 0 Å². The molecule has 0 spiro atoms. The first-order valence-electron chi connectivity index (χ1n) is 5.20. The topological polar surface area (TPSA) is 33.5 Å². The smallest absolute Gasteiger partial charge is 0.289 e. The van der Waals surface area contributed by atoms with E-state index in [1.807, 2.05) is 18.2 Å². The standard InChI is InChI=1S/C13H12ClNO2/c1-15(13(16)12-6-3-7-17-12)9-10-4-2-5-11(14)8-10/h2-8H,9H2,1H3. The largest absolute Gasteiger partial charge is 0.459 e. The third kappa shape index (κ3) is 2.88. The van der Waals surface area contributed by atoms with Crippen LogP contribution in [0.15, 0.2) is 47.1 Å². The maximum Gasteiger partial charge on any atom is 0.289 e. The molecule has 0 saturated carbocycles. The molecule has 0 fully saturated rings. The van der Waals surface area contributed by atoms with E-state index in [9.17, 15) is 4.79 Å². The molecule has 88 valence electrons. The molecule has 0 unspecified atom stereocenters. The number of halogens is 1. The minimum absolute atomic E-state index is 0.144. The summed E-state index contributed by atoms with van der Waals surface area (Å²) in [6.45, 7) is 0.500. The van der Waals surface area contributed by atoms with E-state index in [4.69, 9.17) is 16.0 Å². The lowest BCUT2D eigenvalue weighted by atomic mass is 10.2. The van der Waals surface area contributed by atoms with E-state index in [0.29, 0.717) is 17.3 Å². The van der Waals surface area contributed by atoms with Crippen molar-refractivity contribution in [2.45, 2.75) is 6.54 Å². The SMILES string of the molecule is CN(Cc1cccc(Cl)c1)C(=O)c1ccco1. The van der Waals surface area contributed by atoms with Crippen molar-refractivity contribution in [3.8, 4) is 0 Å². The van der Waals surface area contributed by atoms with Gasteiger partial charge in [-0.25, -0.2) is 0 Å². The molecule has 1 heterocycles. The predicted molar refractivity (Wildman–Crippen MR) is 66.0 cm³/mol. The van der Waals surface area contributed by atoms with Gasteiger partial charge in [-0.15, -0.1) is 0 Å². The number of hydrogen-bond acceptors (Lipinski definition) is 2. The fourth-order valence-corrected chi connectivity index (χ4v) is 1.78. The van der Waals surface area contributed by atoms with Gasteiger partial charge in [-0.05, 0) is 29.8 Å². The van der Waals surface area contributed by atoms with Crippen LogP contribution in [-0.4, -0.2) is 17.9 Å². The molecule has 0 atom stereocenters. The molecule has 3 nitrogen and oxygen atoms in total. The van der Waals surface area contributed by atoms with E-state index in [0.717, 1.165) is 5.56 Å². The molecule has 4 heteroatoms. The molecular weight excluding hydrogens is 238 g/mol. The van der Waals surface area contributed by atoms with Crippen LogP contribution in [0, 0.1) is 0 Å². The van der Waals surface area contributed by atoms with Crippen molar-refractivity contribution in [1.82, 2.24) is 4.90 Å². The summed E-state index contributed by atoms with van der Waals surface area (Å²) in [5.41, 5.74) is 0.986. The Morgan fingerprint density at radius 3 is 2.82 bits per heavy atom. The molecule has 17 heavy (non-hydrogen) atoms. The van der Waals surface area contributed by atoms with Crippen LogP contribution >= 0.6 is 11.6 Å². The summed E-state index contributed by atoms with van der Waals surface area (Å²) in [5, 5.41) is 0.668. The molecule has 0 aliphatic carbocycles. The molecule has 0 saturated heterocycles. The van der Waals surface area contributed by atoms with Crippen LogP contribution < -0.4 is 0 Å². The second-order valence-electron chi connectivity index (χ2n) is 3.77. The average Bonchev–Trinajstić information content (AvgIpc) is 2.81. The van der Waals surface area contributed by atoms with E-state index >= 15 is 0 Å². The van der Waals surface area contributed by atoms with Gasteiger partial charge in [0.15, 0.2) is 5.76 Å². The van der Waals surface area contributed by atoms with E-state index in [-0.39, 0.29) is 5.91 Å². The summed E-state index contributed by atoms with van der Waals surface area (Å²) in [5.74, 6) is 0.199. The molecule has 0 aliphatic rings. The van der Waals surface area contributed by atoms with Crippen molar-refractivity contribution in [3.05, 3.63) is 59.0 Å². The molecule has 2 aromatic rings. The second-order valence-corrected chi connectivity index (χ2v) is 4.20. The van der Waals surface area contributed by atoms with Crippen molar-refractivity contribution in [2.75, 3.05) is 7.05 Å². The van der Waals surface area contributed by atoms with Gasteiger partial charge in [0.25, 0.3) is 5.91 Å². The fourth-order valence-electron chi connectivity index (χ4n) is 1.57. The Bertz CT molecular complexity index is 508. The molecule has 2 rings (SSSR count). The van der Waals surface area contributed by atoms with Gasteiger partial charge < -0.3 is 9.32 Å². The molecule has 1 amide bonds. The normalized spacial score (nSPS) is 10.2. The highest BCUT2D eigenvalue weighted by Crippen LogP contribution is 2.13. The zero-order chi connectivity index (χ0) is 12.3. The molecule has 0 N–H and O–H groups in total. The molecule has 0 radical (unpaired) electrons. The highest BCUT2D eigenvalue weighted by atomic mass is 35.5. The van der Waals surface area contributed by atoms with Gasteiger partial charge in [-0.1, -0.05) is 23.7 Å². The van der Waals surface area contributed by atoms with Gasteiger partial charge in [0, 0.05) is 18.6 Å². The number of furan rings is 1. The summed E-state index contributed by atoms with van der Waals surface area (Å²) >= 11 is 5.89. The Hall–Kier alpha value is -1.74. The van der Waals surface area contributed by atoms with E-state index in [1.165, 1.54) is 6.26 Å². The Morgan fingerprint density at radius 2 is 2.18 bits per heavy atom. The van der Waals surface area contributed by atoms with Crippen LogP contribution in [0.2, 0.25) is 5.02 Å². The summed E-state index contributed by atoms with van der Waals surface area (Å²) in [6, 6.07) is 10.8. The molecule has 0 bridgehead atoms. The number of carbonyl (C=O) groups is 1. The molecule has 1 aromatic carbocycles. The zero-order valence-electron chi connectivity index (χ0n) is 9.39. The van der Waals surface area contributed by atoms with Gasteiger partial charge >= 0.3 is 0 Å². The average molecular weight is 250 g/mol. The zero-order valence-corrected chi connectivity index (χ0v) is 10.1. The maximum atomic E-state index is 11.9. The number of hydrogen-bond donors (Lipinski definition) is 0. The first-order chi connectivity index (χ1) is 8.16. The molecule has 1 aromatic heterocycles. The molecular formula is C13H12ClNO2. The third-order valence-corrected chi connectivity index (χ3v) is 2.62. The maximum absolute atomic E-state index is 11.9. The lowest BCUT2D eigenvalue weighted by molar-refractivity contribution is 0.0753. The minimum Gasteiger partial charge on any atom is -0.459 e. The van der Waals surface area contributed by atoms with Crippen molar-refractivity contribution in [3.63, 3.8) is 0 Å². The highest BCUT2D eigenvalue weighted by molar-refractivity contribution is 6.30. The van der Waals surface area contributed by atoms with Crippen molar-refractivity contribution < 1.29 is 9.21 Å². The van der Waals surface area contributed by atoms with Crippen molar-refractivity contribution in [1.29, 1.82) is 0 Å². The monoisotopic (exact) mass is 249 g/mol. The Morgan fingerprint density at radius 1 is 1.35 bits per heavy atom. The quantitative estimate of drug-likeness (QED) is 0.837. The summed E-state index contributed by atoms with van der Waals surface area (Å²) in [4.78, 5) is 13.5. The summed E-state index contributed by atoms with van der Waals surface area (Å²) in [6.07, 6.45) is 1.49. The highest BCUT2D eigenvalue weighted by Gasteiger charge is 2.14. The van der Waals surface area contributed by atoms with Crippen LogP contribution in [0.4, 0.5) is 0 Å². The Balaban J connectivity index is 2.07. The third-order valence-electron chi connectivity index (χ3n) is 2.39. The van der Waals surface area contributed by atoms with Crippen LogP contribution in [0.3, 0.4) is 0 Å². The first-order valence-corrected chi connectivity index (χ1v) is 5.58. The summed E-state index contributed by atoms with van der Waals surface area (Å²) < 4.78 is 5.06. The second kappa shape index (κ2) is 5.06. The van der Waals surface area contributed by atoms with Crippen LogP contribution in [-0.2, 0) is 6.54 Å². The number of rotatable bonds is 3. The number of benzene rings is 1. The van der Waals surface area contributed by atoms with E-state index in [1.54, 1.807) is 30.1 Å². The predicted octanol–water partition coefficient (Wildman–Crippen LogP) is 3.21. The van der Waals surface area contributed by atoms with Crippen molar-refractivity contribution in [2.24, 2.45) is 0 Å². The Kier molecular flexibility index (Phi) is 3.49. The summed E-state index contributed by atoms with van der Waals surface area (Å²) in [7, 11) is 1.73. The minimum atomic E-state index is -0.144. The van der Waals surface area contributed by atoms with Gasteiger partial charge in [-0.3, -0.25) is 4.79 Å². The van der Waals surface area contributed by atoms with Crippen molar-refractivity contribution >= 4 is 17.5 Å². The van der Waals surface area contributed by atoms with Crippen LogP contribution in [0.25, 0.3) is 0 Å². The van der Waals surface area contributed by atoms with Gasteiger partial charge in [0.2, 0.25) is 0 Å². The number of nitrogens with zero attached hydrogens (tertiary/aromatic N) is 1. The van der Waals surface area contributed by atoms with E-state index < -0.39 is 0 Å². The van der Waals surface area contributed by atoms with Gasteiger partial charge in [0.05, 0.1) is 6.26 Å².